The minimum Gasteiger partial charge on any atom is -0.497 e. The molecule has 2 amide bonds. The van der Waals surface area contributed by atoms with E-state index in [1.54, 1.807) is 66.7 Å². The van der Waals surface area contributed by atoms with Gasteiger partial charge >= 0.3 is 5.97 Å². The average molecular weight is 553 g/mol. The molecule has 0 unspecified atom stereocenters. The smallest absolute Gasteiger partial charge is 0.326 e. The molecule has 0 saturated carbocycles. The van der Waals surface area contributed by atoms with Gasteiger partial charge in [-0.05, 0) is 51.8 Å². The summed E-state index contributed by atoms with van der Waals surface area (Å²) in [6.07, 6.45) is 1.49. The molecule has 0 fully saturated rings. The summed E-state index contributed by atoms with van der Waals surface area (Å²) in [6, 6.07) is 19.4. The van der Waals surface area contributed by atoms with E-state index in [4.69, 9.17) is 9.47 Å². The van der Waals surface area contributed by atoms with Gasteiger partial charge in [0, 0.05) is 22.5 Å². The van der Waals surface area contributed by atoms with Crippen molar-refractivity contribution in [2.75, 3.05) is 14.2 Å². The fraction of sp³-hybridized carbons (Fsp3) is 0.148. The van der Waals surface area contributed by atoms with Gasteiger partial charge in [-0.2, -0.15) is 0 Å². The van der Waals surface area contributed by atoms with Crippen LogP contribution in [0.25, 0.3) is 6.08 Å². The lowest BCUT2D eigenvalue weighted by Gasteiger charge is -2.17. The van der Waals surface area contributed by atoms with Crippen molar-refractivity contribution in [3.63, 3.8) is 0 Å². The molecule has 1 atom stereocenters. The van der Waals surface area contributed by atoms with Crippen molar-refractivity contribution in [1.82, 2.24) is 10.6 Å². The lowest BCUT2D eigenvalue weighted by Crippen LogP contribution is -2.45. The van der Waals surface area contributed by atoms with Crippen molar-refractivity contribution in [3.8, 4) is 11.5 Å². The Hall–Kier alpha value is -4.11. The zero-order chi connectivity index (χ0) is 26.1. The highest BCUT2D eigenvalue weighted by molar-refractivity contribution is 9.10. The number of carboxylic acid groups (broad SMARTS) is 1. The predicted molar refractivity (Wildman–Crippen MR) is 139 cm³/mol. The molecule has 0 heterocycles. The second-order valence-corrected chi connectivity index (χ2v) is 8.51. The maximum Gasteiger partial charge on any atom is 0.326 e. The summed E-state index contributed by atoms with van der Waals surface area (Å²) in [5.41, 5.74) is 1.37. The predicted octanol–water partition coefficient (Wildman–Crippen LogP) is 4.05. The third-order valence-corrected chi connectivity index (χ3v) is 5.93. The summed E-state index contributed by atoms with van der Waals surface area (Å²) in [5, 5.41) is 14.9. The Balaban J connectivity index is 1.96. The van der Waals surface area contributed by atoms with Crippen LogP contribution in [0, 0.1) is 0 Å². The molecule has 0 saturated heterocycles. The highest BCUT2D eigenvalue weighted by Crippen LogP contribution is 2.26. The molecule has 0 aromatic heterocycles. The van der Waals surface area contributed by atoms with Crippen molar-refractivity contribution < 1.29 is 29.0 Å². The number of ether oxygens (including phenoxy) is 2. The summed E-state index contributed by atoms with van der Waals surface area (Å²) in [4.78, 5) is 38.2. The third kappa shape index (κ3) is 6.96. The molecular weight excluding hydrogens is 528 g/mol. The van der Waals surface area contributed by atoms with Crippen molar-refractivity contribution in [2.45, 2.75) is 12.5 Å². The minimum atomic E-state index is -1.22. The van der Waals surface area contributed by atoms with Crippen LogP contribution in [0.3, 0.4) is 0 Å². The second-order valence-electron chi connectivity index (χ2n) is 7.65. The van der Waals surface area contributed by atoms with Gasteiger partial charge in [0.1, 0.15) is 23.2 Å². The molecule has 186 valence electrons. The number of rotatable bonds is 10. The Labute approximate surface area is 217 Å². The van der Waals surface area contributed by atoms with Crippen molar-refractivity contribution in [2.24, 2.45) is 0 Å². The number of nitrogens with one attached hydrogen (secondary N) is 2. The highest BCUT2D eigenvalue weighted by Gasteiger charge is 2.24. The average Bonchev–Trinajstić information content (AvgIpc) is 2.88. The van der Waals surface area contributed by atoms with Gasteiger partial charge in [-0.25, -0.2) is 4.79 Å². The Morgan fingerprint density at radius 3 is 2.31 bits per heavy atom. The zero-order valence-electron chi connectivity index (χ0n) is 19.7. The molecule has 0 radical (unpaired) electrons. The second kappa shape index (κ2) is 12.6. The number of amides is 2. The first kappa shape index (κ1) is 26.5. The van der Waals surface area contributed by atoms with Crippen LogP contribution < -0.4 is 20.1 Å². The summed E-state index contributed by atoms with van der Waals surface area (Å²) in [5.74, 6) is -1.58. The molecular formula is C27H25BrN2O6. The van der Waals surface area contributed by atoms with Crippen LogP contribution in [0.15, 0.2) is 83.0 Å². The van der Waals surface area contributed by atoms with E-state index in [0.717, 1.165) is 5.56 Å². The fourth-order valence-electron chi connectivity index (χ4n) is 3.37. The van der Waals surface area contributed by atoms with E-state index in [-0.39, 0.29) is 12.1 Å². The highest BCUT2D eigenvalue weighted by atomic mass is 79.9. The molecule has 0 bridgehead atoms. The first-order valence-corrected chi connectivity index (χ1v) is 11.7. The number of carboxylic acids is 1. The van der Waals surface area contributed by atoms with Gasteiger partial charge < -0.3 is 25.2 Å². The van der Waals surface area contributed by atoms with Crippen LogP contribution in [-0.4, -0.2) is 43.2 Å². The molecule has 9 heteroatoms. The number of halogens is 1. The van der Waals surface area contributed by atoms with E-state index in [1.165, 1.54) is 20.3 Å². The largest absolute Gasteiger partial charge is 0.497 e. The molecule has 0 aliphatic heterocycles. The van der Waals surface area contributed by atoms with Gasteiger partial charge in [0.25, 0.3) is 11.8 Å². The summed E-state index contributed by atoms with van der Waals surface area (Å²) in [7, 11) is 2.98. The first-order chi connectivity index (χ1) is 17.3. The van der Waals surface area contributed by atoms with Crippen molar-refractivity contribution >= 4 is 39.8 Å². The lowest BCUT2D eigenvalue weighted by atomic mass is 10.1. The number of benzene rings is 3. The third-order valence-electron chi connectivity index (χ3n) is 5.24. The number of aliphatic carboxylic acids is 1. The van der Waals surface area contributed by atoms with Gasteiger partial charge in [-0.15, -0.1) is 0 Å². The summed E-state index contributed by atoms with van der Waals surface area (Å²) >= 11 is 3.33. The van der Waals surface area contributed by atoms with E-state index < -0.39 is 23.8 Å². The SMILES string of the molecule is COc1ccc(/C=C(/NC(=O)c2ccccc2Br)C(=O)N[C@@H](Cc2ccccc2)C(=O)O)c(OC)c1. The number of carbonyl (C=O) groups is 3. The van der Waals surface area contributed by atoms with E-state index >= 15 is 0 Å². The standard InChI is InChI=1S/C27H25BrN2O6/c1-35-19-13-12-18(24(16-19)36-2)15-22(29-25(31)20-10-6-7-11-21(20)28)26(32)30-23(27(33)34)14-17-8-4-3-5-9-17/h3-13,15-16,23H,14H2,1-2H3,(H,29,31)(H,30,32)(H,33,34)/b22-15+/t23-/m0/s1. The van der Waals surface area contributed by atoms with Crippen LogP contribution in [0.2, 0.25) is 0 Å². The van der Waals surface area contributed by atoms with Gasteiger partial charge in [-0.1, -0.05) is 42.5 Å². The van der Waals surface area contributed by atoms with E-state index in [1.807, 2.05) is 6.07 Å². The molecule has 3 N–H and O–H groups in total. The summed E-state index contributed by atoms with van der Waals surface area (Å²) in [6.45, 7) is 0. The van der Waals surface area contributed by atoms with Crippen LogP contribution in [0.5, 0.6) is 11.5 Å². The van der Waals surface area contributed by atoms with Crippen molar-refractivity contribution in [1.29, 1.82) is 0 Å². The monoisotopic (exact) mass is 552 g/mol. The van der Waals surface area contributed by atoms with Crippen LogP contribution in [-0.2, 0) is 16.0 Å². The number of hydrogen-bond donors (Lipinski definition) is 3. The molecule has 8 nitrogen and oxygen atoms in total. The summed E-state index contributed by atoms with van der Waals surface area (Å²) < 4.78 is 11.2. The zero-order valence-corrected chi connectivity index (χ0v) is 21.2. The van der Waals surface area contributed by atoms with Gasteiger partial charge in [-0.3, -0.25) is 9.59 Å². The number of hydrogen-bond acceptors (Lipinski definition) is 5. The maximum atomic E-state index is 13.3. The molecule has 3 aromatic rings. The quantitative estimate of drug-likeness (QED) is 0.327. The van der Waals surface area contributed by atoms with E-state index in [2.05, 4.69) is 26.6 Å². The van der Waals surface area contributed by atoms with E-state index in [0.29, 0.717) is 27.1 Å². The maximum absolute atomic E-state index is 13.3. The topological polar surface area (TPSA) is 114 Å². The lowest BCUT2D eigenvalue weighted by molar-refractivity contribution is -0.141. The molecule has 0 spiro atoms. The van der Waals surface area contributed by atoms with Crippen molar-refractivity contribution in [3.05, 3.63) is 99.7 Å². The van der Waals surface area contributed by atoms with E-state index in [9.17, 15) is 19.5 Å². The van der Waals surface area contributed by atoms with Gasteiger partial charge in [0.2, 0.25) is 0 Å². The molecule has 0 aliphatic rings. The molecule has 3 rings (SSSR count). The van der Waals surface area contributed by atoms with Crippen LogP contribution in [0.1, 0.15) is 21.5 Å². The number of carbonyl (C=O) groups excluding carboxylic acids is 2. The van der Waals surface area contributed by atoms with Gasteiger partial charge in [0.15, 0.2) is 0 Å². The molecule has 0 aliphatic carbocycles. The first-order valence-electron chi connectivity index (χ1n) is 10.9. The Kier molecular flexibility index (Phi) is 9.24. The Morgan fingerprint density at radius 1 is 0.972 bits per heavy atom. The van der Waals surface area contributed by atoms with Crippen LogP contribution in [0.4, 0.5) is 0 Å². The number of methoxy groups -OCH3 is 2. The van der Waals surface area contributed by atoms with Crippen LogP contribution >= 0.6 is 15.9 Å². The molecule has 36 heavy (non-hydrogen) atoms. The van der Waals surface area contributed by atoms with Gasteiger partial charge in [0.05, 0.1) is 19.8 Å². The fourth-order valence-corrected chi connectivity index (χ4v) is 3.84. The Morgan fingerprint density at radius 2 is 1.67 bits per heavy atom. The minimum absolute atomic E-state index is 0.0687. The Bertz CT molecular complexity index is 1280. The molecule has 3 aromatic carbocycles. The normalized spacial score (nSPS) is 11.8.